The van der Waals surface area contributed by atoms with Crippen LogP contribution in [0.25, 0.3) is 0 Å². The molecule has 1 rings (SSSR count). The van der Waals surface area contributed by atoms with Gasteiger partial charge in [0.25, 0.3) is 0 Å². The first-order valence-corrected chi connectivity index (χ1v) is 6.11. The summed E-state index contributed by atoms with van der Waals surface area (Å²) < 4.78 is 5.09. The molecule has 0 aliphatic heterocycles. The molecular formula is C14H19NO3. The molecule has 0 saturated carbocycles. The number of benzene rings is 1. The topological polar surface area (TPSA) is 69.4 Å². The Labute approximate surface area is 107 Å². The first kappa shape index (κ1) is 14.4. The molecule has 0 aromatic heterocycles. The molecule has 18 heavy (non-hydrogen) atoms. The van der Waals surface area contributed by atoms with Gasteiger partial charge < -0.3 is 15.3 Å². The van der Waals surface area contributed by atoms with Gasteiger partial charge in [0.05, 0.1) is 5.92 Å². The Morgan fingerprint density at radius 3 is 2.56 bits per heavy atom. The molecule has 0 radical (unpaired) electrons. The summed E-state index contributed by atoms with van der Waals surface area (Å²) >= 11 is 0. The molecule has 1 aromatic carbocycles. The number of hydrogen-bond acceptors (Lipinski definition) is 4. The number of carbonyl (C=O) groups is 2. The first-order chi connectivity index (χ1) is 8.71. The highest BCUT2D eigenvalue weighted by Gasteiger charge is 2.08. The number of ether oxygens (including phenoxy) is 1. The van der Waals surface area contributed by atoms with Crippen LogP contribution in [0.1, 0.15) is 36.8 Å². The van der Waals surface area contributed by atoms with Crippen molar-refractivity contribution in [1.29, 1.82) is 0 Å². The zero-order chi connectivity index (χ0) is 13.4. The summed E-state index contributed by atoms with van der Waals surface area (Å²) in [7, 11) is 0. The van der Waals surface area contributed by atoms with Crippen LogP contribution in [0.15, 0.2) is 24.3 Å². The second-order valence-corrected chi connectivity index (χ2v) is 4.13. The van der Waals surface area contributed by atoms with Crippen LogP contribution < -0.4 is 5.73 Å². The maximum atomic E-state index is 11.2. The summed E-state index contributed by atoms with van der Waals surface area (Å²) in [5.74, 6) is -0.448. The van der Waals surface area contributed by atoms with E-state index in [9.17, 15) is 9.59 Å². The third kappa shape index (κ3) is 4.30. The molecule has 98 valence electrons. The molecule has 0 heterocycles. The van der Waals surface area contributed by atoms with Crippen LogP contribution in [0.4, 0.5) is 0 Å². The Balaban J connectivity index is 2.55. The van der Waals surface area contributed by atoms with Crippen molar-refractivity contribution in [1.82, 2.24) is 0 Å². The lowest BCUT2D eigenvalue weighted by Gasteiger charge is -2.09. The third-order valence-electron chi connectivity index (χ3n) is 2.68. The minimum Gasteiger partial charge on any atom is -0.461 e. The Morgan fingerprint density at radius 2 is 2.06 bits per heavy atom. The normalized spacial score (nSPS) is 11.9. The minimum absolute atomic E-state index is 0.186. The third-order valence-corrected chi connectivity index (χ3v) is 2.68. The van der Waals surface area contributed by atoms with E-state index in [-0.39, 0.29) is 18.5 Å². The van der Waals surface area contributed by atoms with Gasteiger partial charge in [-0.3, -0.25) is 4.79 Å². The highest BCUT2D eigenvalue weighted by molar-refractivity contribution is 5.69. The standard InChI is InChI=1S/C14H19NO3/c1-2-3-14(17)18-10-11-4-6-12(7-5-11)13(8-15)9-16/h4-7,9,13H,2-3,8,10,15H2,1H3. The molecule has 0 aliphatic rings. The molecule has 1 unspecified atom stereocenters. The van der Waals surface area contributed by atoms with Crippen LogP contribution in [-0.4, -0.2) is 18.8 Å². The number of carbonyl (C=O) groups excluding carboxylic acids is 2. The van der Waals surface area contributed by atoms with Crippen molar-refractivity contribution in [2.45, 2.75) is 32.3 Å². The second-order valence-electron chi connectivity index (χ2n) is 4.13. The number of nitrogens with two attached hydrogens (primary N) is 1. The van der Waals surface area contributed by atoms with E-state index in [0.717, 1.165) is 23.8 Å². The highest BCUT2D eigenvalue weighted by atomic mass is 16.5. The predicted octanol–water partition coefficient (Wildman–Crippen LogP) is 1.77. The van der Waals surface area contributed by atoms with Gasteiger partial charge in [0.15, 0.2) is 0 Å². The quantitative estimate of drug-likeness (QED) is 0.590. The van der Waals surface area contributed by atoms with Crippen LogP contribution in [0.5, 0.6) is 0 Å². The van der Waals surface area contributed by atoms with Crippen molar-refractivity contribution < 1.29 is 14.3 Å². The minimum atomic E-state index is -0.262. The zero-order valence-corrected chi connectivity index (χ0v) is 10.6. The lowest BCUT2D eigenvalue weighted by Crippen LogP contribution is -2.13. The van der Waals surface area contributed by atoms with E-state index in [0.29, 0.717) is 13.0 Å². The van der Waals surface area contributed by atoms with Gasteiger partial charge in [0, 0.05) is 13.0 Å². The van der Waals surface area contributed by atoms with E-state index in [4.69, 9.17) is 10.5 Å². The molecule has 0 fully saturated rings. The summed E-state index contributed by atoms with van der Waals surface area (Å²) in [6.07, 6.45) is 2.07. The van der Waals surface area contributed by atoms with Gasteiger partial charge in [0.2, 0.25) is 0 Å². The Morgan fingerprint density at radius 1 is 1.39 bits per heavy atom. The monoisotopic (exact) mass is 249 g/mol. The van der Waals surface area contributed by atoms with Crippen molar-refractivity contribution in [3.63, 3.8) is 0 Å². The Kier molecular flexibility index (Phi) is 6.08. The lowest BCUT2D eigenvalue weighted by atomic mass is 10.00. The molecule has 0 aliphatic carbocycles. The largest absolute Gasteiger partial charge is 0.461 e. The van der Waals surface area contributed by atoms with E-state index in [1.54, 1.807) is 0 Å². The molecule has 0 spiro atoms. The number of esters is 1. The summed E-state index contributed by atoms with van der Waals surface area (Å²) in [4.78, 5) is 22.0. The fraction of sp³-hybridized carbons (Fsp3) is 0.429. The first-order valence-electron chi connectivity index (χ1n) is 6.11. The summed E-state index contributed by atoms with van der Waals surface area (Å²) in [5.41, 5.74) is 7.28. The van der Waals surface area contributed by atoms with E-state index in [1.807, 2.05) is 31.2 Å². The molecule has 0 saturated heterocycles. The van der Waals surface area contributed by atoms with E-state index in [2.05, 4.69) is 0 Å². The predicted molar refractivity (Wildman–Crippen MR) is 69.0 cm³/mol. The summed E-state index contributed by atoms with van der Waals surface area (Å²) in [6, 6.07) is 7.38. The van der Waals surface area contributed by atoms with E-state index < -0.39 is 0 Å². The highest BCUT2D eigenvalue weighted by Crippen LogP contribution is 2.14. The molecule has 4 heteroatoms. The molecular weight excluding hydrogens is 230 g/mol. The van der Waals surface area contributed by atoms with Gasteiger partial charge in [-0.15, -0.1) is 0 Å². The van der Waals surface area contributed by atoms with Gasteiger partial charge >= 0.3 is 5.97 Å². The molecule has 0 bridgehead atoms. The van der Waals surface area contributed by atoms with Crippen molar-refractivity contribution in [3.05, 3.63) is 35.4 Å². The second kappa shape index (κ2) is 7.61. The molecule has 0 amide bonds. The molecule has 1 aromatic rings. The lowest BCUT2D eigenvalue weighted by molar-refractivity contribution is -0.145. The Bertz CT molecular complexity index is 387. The summed E-state index contributed by atoms with van der Waals surface area (Å²) in [5, 5.41) is 0. The van der Waals surface area contributed by atoms with Gasteiger partial charge in [-0.2, -0.15) is 0 Å². The van der Waals surface area contributed by atoms with Crippen molar-refractivity contribution in [3.8, 4) is 0 Å². The van der Waals surface area contributed by atoms with Crippen LogP contribution in [-0.2, 0) is 20.9 Å². The molecule has 2 N–H and O–H groups in total. The van der Waals surface area contributed by atoms with Gasteiger partial charge in [-0.25, -0.2) is 0 Å². The van der Waals surface area contributed by atoms with Gasteiger partial charge in [-0.05, 0) is 17.5 Å². The molecule has 4 nitrogen and oxygen atoms in total. The maximum Gasteiger partial charge on any atom is 0.306 e. The van der Waals surface area contributed by atoms with E-state index >= 15 is 0 Å². The molecule has 1 atom stereocenters. The maximum absolute atomic E-state index is 11.2. The van der Waals surface area contributed by atoms with Crippen molar-refractivity contribution in [2.75, 3.05) is 6.54 Å². The van der Waals surface area contributed by atoms with Crippen LogP contribution in [0.3, 0.4) is 0 Å². The van der Waals surface area contributed by atoms with Crippen molar-refractivity contribution >= 4 is 12.3 Å². The fourth-order valence-corrected chi connectivity index (χ4v) is 1.57. The van der Waals surface area contributed by atoms with Crippen LogP contribution in [0.2, 0.25) is 0 Å². The average molecular weight is 249 g/mol. The number of rotatable bonds is 7. The van der Waals surface area contributed by atoms with Crippen LogP contribution in [0, 0.1) is 0 Å². The van der Waals surface area contributed by atoms with E-state index in [1.165, 1.54) is 0 Å². The number of hydrogen-bond donors (Lipinski definition) is 1. The number of aldehydes is 1. The van der Waals surface area contributed by atoms with Gasteiger partial charge in [-0.1, -0.05) is 31.2 Å². The van der Waals surface area contributed by atoms with Crippen LogP contribution >= 0.6 is 0 Å². The van der Waals surface area contributed by atoms with Gasteiger partial charge in [0.1, 0.15) is 12.9 Å². The Hall–Kier alpha value is -1.68. The van der Waals surface area contributed by atoms with Crippen molar-refractivity contribution in [2.24, 2.45) is 5.73 Å². The zero-order valence-electron chi connectivity index (χ0n) is 10.6. The fourth-order valence-electron chi connectivity index (χ4n) is 1.57. The average Bonchev–Trinajstić information content (AvgIpc) is 2.39. The SMILES string of the molecule is CCCC(=O)OCc1ccc(C(C=O)CN)cc1. The smallest absolute Gasteiger partial charge is 0.306 e. The summed E-state index contributed by atoms with van der Waals surface area (Å²) in [6.45, 7) is 2.50.